The van der Waals surface area contributed by atoms with Crippen LogP contribution in [0.1, 0.15) is 36.6 Å². The van der Waals surface area contributed by atoms with Crippen LogP contribution in [-0.4, -0.2) is 25.1 Å². The number of aldehydes is 1. The van der Waals surface area contributed by atoms with Crippen LogP contribution in [0.4, 0.5) is 11.4 Å². The first kappa shape index (κ1) is 20.1. The van der Waals surface area contributed by atoms with Crippen LogP contribution in [0.3, 0.4) is 0 Å². The molecule has 0 atom stereocenters. The standard InChI is InChI=1S/C23H16Cl2N2O3/c1-26(22(29)20-8-7-16(24)9-15(20)13-28)18-3-2-4-19(11-18)27-12-14-5-6-17(25)10-21(14)23(27)30/h2-11,13H,12H2,1H3. The number of carbonyl (C=O) groups excluding carboxylic acids is 3. The van der Waals surface area contributed by atoms with Crippen LogP contribution in [0.2, 0.25) is 10.0 Å². The third-order valence-electron chi connectivity index (χ3n) is 5.08. The van der Waals surface area contributed by atoms with Crippen molar-refractivity contribution in [1.82, 2.24) is 0 Å². The summed E-state index contributed by atoms with van der Waals surface area (Å²) in [7, 11) is 1.62. The molecule has 30 heavy (non-hydrogen) atoms. The van der Waals surface area contributed by atoms with Gasteiger partial charge < -0.3 is 9.80 Å². The number of anilines is 2. The van der Waals surface area contributed by atoms with Gasteiger partial charge in [-0.1, -0.05) is 35.3 Å². The molecule has 4 rings (SSSR count). The Kier molecular flexibility index (Phi) is 5.33. The van der Waals surface area contributed by atoms with Crippen molar-refractivity contribution in [2.75, 3.05) is 16.8 Å². The van der Waals surface area contributed by atoms with Gasteiger partial charge in [0.25, 0.3) is 11.8 Å². The average Bonchev–Trinajstić information content (AvgIpc) is 3.08. The minimum Gasteiger partial charge on any atom is -0.311 e. The fourth-order valence-corrected chi connectivity index (χ4v) is 3.83. The minimum absolute atomic E-state index is 0.139. The molecular formula is C23H16Cl2N2O3. The average molecular weight is 439 g/mol. The Hall–Kier alpha value is -3.15. The van der Waals surface area contributed by atoms with Crippen molar-refractivity contribution in [2.45, 2.75) is 6.54 Å². The summed E-state index contributed by atoms with van der Waals surface area (Å²) >= 11 is 12.0. The van der Waals surface area contributed by atoms with Crippen LogP contribution in [0.5, 0.6) is 0 Å². The van der Waals surface area contributed by atoms with Crippen LogP contribution < -0.4 is 9.80 Å². The molecule has 0 aliphatic carbocycles. The number of hydrogen-bond donors (Lipinski definition) is 0. The fourth-order valence-electron chi connectivity index (χ4n) is 3.48. The number of rotatable bonds is 4. The van der Waals surface area contributed by atoms with E-state index in [9.17, 15) is 14.4 Å². The lowest BCUT2D eigenvalue weighted by molar-refractivity contribution is 0.0984. The maximum Gasteiger partial charge on any atom is 0.258 e. The maximum absolute atomic E-state index is 13.0. The van der Waals surface area contributed by atoms with E-state index in [0.29, 0.717) is 39.8 Å². The second-order valence-corrected chi connectivity index (χ2v) is 7.80. The Morgan fingerprint density at radius 2 is 1.77 bits per heavy atom. The van der Waals surface area contributed by atoms with Gasteiger partial charge in [0.1, 0.15) is 0 Å². The molecule has 1 aliphatic rings. The van der Waals surface area contributed by atoms with E-state index in [2.05, 4.69) is 0 Å². The first-order valence-electron chi connectivity index (χ1n) is 9.12. The van der Waals surface area contributed by atoms with E-state index in [-0.39, 0.29) is 22.9 Å². The van der Waals surface area contributed by atoms with Gasteiger partial charge in [-0.25, -0.2) is 0 Å². The zero-order valence-electron chi connectivity index (χ0n) is 15.9. The summed E-state index contributed by atoms with van der Waals surface area (Å²) in [4.78, 5) is 40.2. The lowest BCUT2D eigenvalue weighted by atomic mass is 10.1. The van der Waals surface area contributed by atoms with Gasteiger partial charge >= 0.3 is 0 Å². The van der Waals surface area contributed by atoms with E-state index in [4.69, 9.17) is 23.2 Å². The fraction of sp³-hybridized carbons (Fsp3) is 0.0870. The van der Waals surface area contributed by atoms with Crippen LogP contribution in [0.15, 0.2) is 60.7 Å². The molecule has 7 heteroatoms. The van der Waals surface area contributed by atoms with E-state index < -0.39 is 0 Å². The smallest absolute Gasteiger partial charge is 0.258 e. The molecule has 0 saturated heterocycles. The van der Waals surface area contributed by atoms with Crippen LogP contribution in [0, 0.1) is 0 Å². The summed E-state index contributed by atoms with van der Waals surface area (Å²) < 4.78 is 0. The minimum atomic E-state index is -0.353. The summed E-state index contributed by atoms with van der Waals surface area (Å²) in [6, 6.07) is 16.9. The summed E-state index contributed by atoms with van der Waals surface area (Å²) in [5.74, 6) is -0.492. The second kappa shape index (κ2) is 7.94. The van der Waals surface area contributed by atoms with E-state index in [1.54, 1.807) is 48.3 Å². The van der Waals surface area contributed by atoms with Crippen molar-refractivity contribution in [2.24, 2.45) is 0 Å². The third-order valence-corrected chi connectivity index (χ3v) is 5.55. The van der Waals surface area contributed by atoms with Crippen molar-refractivity contribution in [3.8, 4) is 0 Å². The lowest BCUT2D eigenvalue weighted by Gasteiger charge is -2.22. The van der Waals surface area contributed by atoms with E-state index >= 15 is 0 Å². The number of benzene rings is 3. The number of fused-ring (bicyclic) bond motifs is 1. The van der Waals surface area contributed by atoms with Crippen molar-refractivity contribution >= 4 is 52.7 Å². The van der Waals surface area contributed by atoms with Crippen LogP contribution in [-0.2, 0) is 6.54 Å². The molecule has 0 radical (unpaired) electrons. The van der Waals surface area contributed by atoms with E-state index in [0.717, 1.165) is 5.56 Å². The van der Waals surface area contributed by atoms with Crippen molar-refractivity contribution < 1.29 is 14.4 Å². The molecule has 3 aromatic rings. The van der Waals surface area contributed by atoms with Gasteiger partial charge in [-0.3, -0.25) is 14.4 Å². The lowest BCUT2D eigenvalue weighted by Crippen LogP contribution is -2.28. The molecule has 1 heterocycles. The Bertz CT molecular complexity index is 1190. The molecule has 0 unspecified atom stereocenters. The second-order valence-electron chi connectivity index (χ2n) is 6.93. The maximum atomic E-state index is 13.0. The summed E-state index contributed by atoms with van der Waals surface area (Å²) in [6.45, 7) is 0.429. The molecule has 0 saturated carbocycles. The molecule has 3 aromatic carbocycles. The highest BCUT2D eigenvalue weighted by Gasteiger charge is 2.29. The number of amides is 2. The highest BCUT2D eigenvalue weighted by Crippen LogP contribution is 2.32. The molecule has 0 spiro atoms. The number of nitrogens with zero attached hydrogens (tertiary/aromatic N) is 2. The van der Waals surface area contributed by atoms with E-state index in [1.807, 2.05) is 12.1 Å². The van der Waals surface area contributed by atoms with Crippen LogP contribution >= 0.6 is 23.2 Å². The predicted octanol–water partition coefficient (Wildman–Crippen LogP) is 5.24. The Morgan fingerprint density at radius 3 is 2.53 bits per heavy atom. The monoisotopic (exact) mass is 438 g/mol. The Balaban J connectivity index is 1.63. The normalized spacial score (nSPS) is 12.6. The molecular weight excluding hydrogens is 423 g/mol. The molecule has 150 valence electrons. The Labute approximate surface area is 183 Å². The first-order chi connectivity index (χ1) is 14.4. The van der Waals surface area contributed by atoms with Gasteiger partial charge in [0.05, 0.1) is 12.1 Å². The number of hydrogen-bond acceptors (Lipinski definition) is 3. The SMILES string of the molecule is CN(C(=O)c1ccc(Cl)cc1C=O)c1cccc(N2Cc3ccc(Cl)cc3C2=O)c1. The third kappa shape index (κ3) is 3.58. The molecule has 1 aliphatic heterocycles. The molecule has 0 bridgehead atoms. The molecule has 0 aromatic heterocycles. The summed E-state index contributed by atoms with van der Waals surface area (Å²) in [5, 5.41) is 0.891. The van der Waals surface area contributed by atoms with Gasteiger partial charge in [-0.05, 0) is 54.1 Å². The predicted molar refractivity (Wildman–Crippen MR) is 118 cm³/mol. The molecule has 0 N–H and O–H groups in total. The van der Waals surface area contributed by atoms with Gasteiger partial charge in [0.15, 0.2) is 6.29 Å². The number of carbonyl (C=O) groups is 3. The number of halogens is 2. The molecule has 5 nitrogen and oxygen atoms in total. The summed E-state index contributed by atoms with van der Waals surface area (Å²) in [6.07, 6.45) is 0.606. The topological polar surface area (TPSA) is 57.7 Å². The van der Waals surface area contributed by atoms with Crippen molar-refractivity contribution in [1.29, 1.82) is 0 Å². The van der Waals surface area contributed by atoms with Crippen LogP contribution in [0.25, 0.3) is 0 Å². The van der Waals surface area contributed by atoms with Crippen molar-refractivity contribution in [3.05, 3.63) is 93.0 Å². The highest BCUT2D eigenvalue weighted by atomic mass is 35.5. The highest BCUT2D eigenvalue weighted by molar-refractivity contribution is 6.31. The largest absolute Gasteiger partial charge is 0.311 e. The molecule has 2 amide bonds. The quantitative estimate of drug-likeness (QED) is 0.523. The molecule has 0 fully saturated rings. The zero-order valence-corrected chi connectivity index (χ0v) is 17.4. The van der Waals surface area contributed by atoms with Gasteiger partial charge in [-0.15, -0.1) is 0 Å². The van der Waals surface area contributed by atoms with Crippen molar-refractivity contribution in [3.63, 3.8) is 0 Å². The van der Waals surface area contributed by atoms with Gasteiger partial charge in [0.2, 0.25) is 0 Å². The van der Waals surface area contributed by atoms with Gasteiger partial charge in [0, 0.05) is 39.6 Å². The van der Waals surface area contributed by atoms with Gasteiger partial charge in [-0.2, -0.15) is 0 Å². The first-order valence-corrected chi connectivity index (χ1v) is 9.88. The zero-order chi connectivity index (χ0) is 21.4. The Morgan fingerprint density at radius 1 is 1.03 bits per heavy atom. The summed E-state index contributed by atoms with van der Waals surface area (Å²) in [5.41, 5.74) is 3.20. The van der Waals surface area contributed by atoms with E-state index in [1.165, 1.54) is 17.0 Å².